The molecule has 1 saturated heterocycles. The van der Waals surface area contributed by atoms with Crippen molar-refractivity contribution in [1.82, 2.24) is 4.90 Å². The third kappa shape index (κ3) is 4.09. The molecule has 0 aromatic heterocycles. The highest BCUT2D eigenvalue weighted by Gasteiger charge is 2.27. The number of aliphatic hydroxyl groups is 2. The summed E-state index contributed by atoms with van der Waals surface area (Å²) in [5.41, 5.74) is 0.0387. The van der Waals surface area contributed by atoms with Crippen LogP contribution in [0.2, 0.25) is 0 Å². The highest BCUT2D eigenvalue weighted by molar-refractivity contribution is 4.80. The lowest BCUT2D eigenvalue weighted by atomic mass is 9.85. The largest absolute Gasteiger partial charge is 0.396 e. The summed E-state index contributed by atoms with van der Waals surface area (Å²) in [5, 5.41) is 18.8. The number of likely N-dealkylation sites (tertiary alicyclic amines) is 1. The van der Waals surface area contributed by atoms with Gasteiger partial charge in [-0.1, -0.05) is 20.3 Å². The molecule has 3 nitrogen and oxygen atoms in total. The van der Waals surface area contributed by atoms with Gasteiger partial charge in [-0.2, -0.15) is 0 Å². The van der Waals surface area contributed by atoms with E-state index < -0.39 is 0 Å². The Kier molecular flexibility index (Phi) is 5.03. The van der Waals surface area contributed by atoms with Crippen LogP contribution in [0.15, 0.2) is 0 Å². The summed E-state index contributed by atoms with van der Waals surface area (Å²) in [6.45, 7) is 7.49. The van der Waals surface area contributed by atoms with Crippen LogP contribution in [0.1, 0.15) is 39.5 Å². The average Bonchev–Trinajstić information content (AvgIpc) is 2.22. The Hall–Kier alpha value is -0.120. The Bertz CT molecular complexity index is 178. The molecule has 0 amide bonds. The summed E-state index contributed by atoms with van der Waals surface area (Å²) < 4.78 is 0. The van der Waals surface area contributed by atoms with Gasteiger partial charge >= 0.3 is 0 Å². The van der Waals surface area contributed by atoms with Gasteiger partial charge in [0.2, 0.25) is 0 Å². The van der Waals surface area contributed by atoms with Crippen molar-refractivity contribution in [2.24, 2.45) is 5.41 Å². The lowest BCUT2D eigenvalue weighted by molar-refractivity contribution is 0.0360. The minimum atomic E-state index is -0.104. The van der Waals surface area contributed by atoms with Gasteiger partial charge in [0.1, 0.15) is 0 Å². The first kappa shape index (κ1) is 12.9. The molecule has 1 fully saturated rings. The SMILES string of the molecule is CCCC(C)(CO)CN1CCC(O)CC1. The summed E-state index contributed by atoms with van der Waals surface area (Å²) in [6, 6.07) is 0. The van der Waals surface area contributed by atoms with Gasteiger partial charge < -0.3 is 15.1 Å². The number of nitrogens with zero attached hydrogens (tertiary/aromatic N) is 1. The Morgan fingerprint density at radius 3 is 2.40 bits per heavy atom. The maximum Gasteiger partial charge on any atom is 0.0564 e. The van der Waals surface area contributed by atoms with Gasteiger partial charge in [0.15, 0.2) is 0 Å². The molecular weight excluding hydrogens is 190 g/mol. The first-order valence-electron chi connectivity index (χ1n) is 6.11. The van der Waals surface area contributed by atoms with Crippen molar-refractivity contribution in [2.45, 2.75) is 45.6 Å². The first-order chi connectivity index (χ1) is 7.09. The molecule has 2 N–H and O–H groups in total. The van der Waals surface area contributed by atoms with Crippen LogP contribution in [-0.4, -0.2) is 47.5 Å². The van der Waals surface area contributed by atoms with Crippen molar-refractivity contribution in [3.8, 4) is 0 Å². The van der Waals surface area contributed by atoms with Crippen LogP contribution in [0, 0.1) is 5.41 Å². The predicted octanol–water partition coefficient (Wildman–Crippen LogP) is 1.24. The lowest BCUT2D eigenvalue weighted by Gasteiger charge is -2.37. The van der Waals surface area contributed by atoms with Gasteiger partial charge in [-0.25, -0.2) is 0 Å². The molecule has 3 heteroatoms. The second kappa shape index (κ2) is 5.83. The molecule has 0 spiro atoms. The van der Waals surface area contributed by atoms with E-state index in [1.807, 2.05) is 0 Å². The van der Waals surface area contributed by atoms with E-state index in [1.54, 1.807) is 0 Å². The molecule has 1 heterocycles. The van der Waals surface area contributed by atoms with E-state index in [0.29, 0.717) is 0 Å². The minimum absolute atomic E-state index is 0.0387. The monoisotopic (exact) mass is 215 g/mol. The molecule has 0 aliphatic carbocycles. The summed E-state index contributed by atoms with van der Waals surface area (Å²) in [5.74, 6) is 0. The maximum absolute atomic E-state index is 9.42. The van der Waals surface area contributed by atoms with Crippen LogP contribution in [0.4, 0.5) is 0 Å². The van der Waals surface area contributed by atoms with E-state index >= 15 is 0 Å². The first-order valence-corrected chi connectivity index (χ1v) is 6.11. The number of aliphatic hydroxyl groups excluding tert-OH is 2. The molecular formula is C12H25NO2. The zero-order valence-corrected chi connectivity index (χ0v) is 10.1. The fourth-order valence-corrected chi connectivity index (χ4v) is 2.43. The molecule has 0 aromatic carbocycles. The standard InChI is InChI=1S/C12H25NO2/c1-3-6-12(2,10-14)9-13-7-4-11(15)5-8-13/h11,14-15H,3-10H2,1-2H3. The van der Waals surface area contributed by atoms with Crippen molar-refractivity contribution < 1.29 is 10.2 Å². The molecule has 1 aliphatic heterocycles. The zero-order valence-electron chi connectivity index (χ0n) is 10.1. The summed E-state index contributed by atoms with van der Waals surface area (Å²) in [4.78, 5) is 2.37. The summed E-state index contributed by atoms with van der Waals surface area (Å²) in [6.07, 6.45) is 3.85. The van der Waals surface area contributed by atoms with E-state index in [2.05, 4.69) is 18.7 Å². The molecule has 1 rings (SSSR count). The fourth-order valence-electron chi connectivity index (χ4n) is 2.43. The van der Waals surface area contributed by atoms with Crippen molar-refractivity contribution in [3.63, 3.8) is 0 Å². The fraction of sp³-hybridized carbons (Fsp3) is 1.00. The van der Waals surface area contributed by atoms with E-state index in [-0.39, 0.29) is 18.1 Å². The van der Waals surface area contributed by atoms with Crippen molar-refractivity contribution in [3.05, 3.63) is 0 Å². The van der Waals surface area contributed by atoms with Crippen molar-refractivity contribution in [2.75, 3.05) is 26.2 Å². The second-order valence-corrected chi connectivity index (χ2v) is 5.23. The van der Waals surface area contributed by atoms with Gasteiger partial charge in [0.05, 0.1) is 6.10 Å². The maximum atomic E-state index is 9.42. The molecule has 0 saturated carbocycles. The van der Waals surface area contributed by atoms with Crippen LogP contribution < -0.4 is 0 Å². The summed E-state index contributed by atoms with van der Waals surface area (Å²) >= 11 is 0. The van der Waals surface area contributed by atoms with Gasteiger partial charge in [-0.05, 0) is 19.3 Å². The molecule has 0 radical (unpaired) electrons. The number of piperidine rings is 1. The summed E-state index contributed by atoms with van der Waals surface area (Å²) in [7, 11) is 0. The Labute approximate surface area is 93.1 Å². The topological polar surface area (TPSA) is 43.7 Å². The van der Waals surface area contributed by atoms with Crippen LogP contribution in [-0.2, 0) is 0 Å². The van der Waals surface area contributed by atoms with E-state index in [9.17, 15) is 10.2 Å². The Morgan fingerprint density at radius 1 is 1.33 bits per heavy atom. The van der Waals surface area contributed by atoms with Crippen LogP contribution in [0.5, 0.6) is 0 Å². The van der Waals surface area contributed by atoms with Crippen molar-refractivity contribution in [1.29, 1.82) is 0 Å². The normalized spacial score (nSPS) is 24.0. The molecule has 1 aliphatic rings. The highest BCUT2D eigenvalue weighted by atomic mass is 16.3. The Balaban J connectivity index is 2.38. The molecule has 0 bridgehead atoms. The van der Waals surface area contributed by atoms with Gasteiger partial charge in [-0.15, -0.1) is 0 Å². The van der Waals surface area contributed by atoms with E-state index in [4.69, 9.17) is 0 Å². The Morgan fingerprint density at radius 2 is 1.93 bits per heavy atom. The molecule has 1 atom stereocenters. The number of hydrogen-bond donors (Lipinski definition) is 2. The van der Waals surface area contributed by atoms with Crippen LogP contribution >= 0.6 is 0 Å². The molecule has 90 valence electrons. The predicted molar refractivity (Wildman–Crippen MR) is 61.8 cm³/mol. The van der Waals surface area contributed by atoms with Crippen molar-refractivity contribution >= 4 is 0 Å². The molecule has 0 aromatic rings. The van der Waals surface area contributed by atoms with E-state index in [0.717, 1.165) is 45.3 Å². The van der Waals surface area contributed by atoms with Gasteiger partial charge in [0.25, 0.3) is 0 Å². The quantitative estimate of drug-likeness (QED) is 0.725. The van der Waals surface area contributed by atoms with E-state index in [1.165, 1.54) is 0 Å². The lowest BCUT2D eigenvalue weighted by Crippen LogP contribution is -2.43. The molecule has 1 unspecified atom stereocenters. The van der Waals surface area contributed by atoms with Crippen LogP contribution in [0.3, 0.4) is 0 Å². The number of hydrogen-bond acceptors (Lipinski definition) is 3. The average molecular weight is 215 g/mol. The zero-order chi connectivity index (χ0) is 11.3. The minimum Gasteiger partial charge on any atom is -0.396 e. The molecule has 15 heavy (non-hydrogen) atoms. The van der Waals surface area contributed by atoms with Gasteiger partial charge in [-0.3, -0.25) is 0 Å². The smallest absolute Gasteiger partial charge is 0.0564 e. The van der Waals surface area contributed by atoms with Gasteiger partial charge in [0, 0.05) is 31.7 Å². The third-order valence-corrected chi connectivity index (χ3v) is 3.40. The highest BCUT2D eigenvalue weighted by Crippen LogP contribution is 2.25. The van der Waals surface area contributed by atoms with Crippen LogP contribution in [0.25, 0.3) is 0 Å². The second-order valence-electron chi connectivity index (χ2n) is 5.23. The number of rotatable bonds is 5. The third-order valence-electron chi connectivity index (χ3n) is 3.40.